The maximum Gasteiger partial charge on any atom is 0.228 e. The Balaban J connectivity index is 0.00000200. The van der Waals surface area contributed by atoms with Gasteiger partial charge in [0.05, 0.1) is 12.0 Å². The summed E-state index contributed by atoms with van der Waals surface area (Å²) in [6.07, 6.45) is 2.02. The minimum atomic E-state index is -0.244. The number of piperidine rings is 1. The van der Waals surface area contributed by atoms with Gasteiger partial charge in [0.15, 0.2) is 0 Å². The first-order valence-electron chi connectivity index (χ1n) is 7.42. The second-order valence-corrected chi connectivity index (χ2v) is 6.17. The van der Waals surface area contributed by atoms with Crippen molar-refractivity contribution in [1.82, 2.24) is 15.1 Å². The second kappa shape index (κ2) is 8.17. The molecule has 0 aromatic heterocycles. The molecule has 1 amide bonds. The van der Waals surface area contributed by atoms with E-state index in [1.54, 1.807) is 0 Å². The van der Waals surface area contributed by atoms with Gasteiger partial charge in [-0.3, -0.25) is 4.79 Å². The minimum absolute atomic E-state index is 0. The van der Waals surface area contributed by atoms with E-state index >= 15 is 0 Å². The standard InChI is InChI=1S/C14H27N3O2.ClH/c1-11(18)9-17-5-3-12(4-6-17)10-16(2)14(19)13-7-15-8-13;/h11-13,15,18H,3-10H2,1-2H3;1H. The maximum atomic E-state index is 12.1. The average molecular weight is 306 g/mol. The second-order valence-electron chi connectivity index (χ2n) is 6.17. The van der Waals surface area contributed by atoms with Crippen molar-refractivity contribution in [3.63, 3.8) is 0 Å². The Hall–Kier alpha value is -0.360. The molecule has 2 N–H and O–H groups in total. The summed E-state index contributed by atoms with van der Waals surface area (Å²) in [5, 5.41) is 12.5. The van der Waals surface area contributed by atoms with Crippen molar-refractivity contribution in [3.05, 3.63) is 0 Å². The van der Waals surface area contributed by atoms with E-state index in [2.05, 4.69) is 10.2 Å². The van der Waals surface area contributed by atoms with E-state index in [0.717, 1.165) is 52.1 Å². The summed E-state index contributed by atoms with van der Waals surface area (Å²) in [5.74, 6) is 1.12. The topological polar surface area (TPSA) is 55.8 Å². The van der Waals surface area contributed by atoms with Gasteiger partial charge >= 0.3 is 0 Å². The van der Waals surface area contributed by atoms with Crippen LogP contribution in [0, 0.1) is 11.8 Å². The average Bonchev–Trinajstić information content (AvgIpc) is 2.28. The molecule has 0 radical (unpaired) electrons. The number of aliphatic hydroxyl groups excluding tert-OH is 1. The lowest BCUT2D eigenvalue weighted by Gasteiger charge is -2.36. The van der Waals surface area contributed by atoms with Crippen LogP contribution in [0.15, 0.2) is 0 Å². The number of amides is 1. The smallest absolute Gasteiger partial charge is 0.228 e. The van der Waals surface area contributed by atoms with Gasteiger partial charge in [-0.2, -0.15) is 0 Å². The van der Waals surface area contributed by atoms with E-state index in [9.17, 15) is 9.90 Å². The Morgan fingerprint density at radius 2 is 2.00 bits per heavy atom. The monoisotopic (exact) mass is 305 g/mol. The van der Waals surface area contributed by atoms with Gasteiger partial charge in [0.25, 0.3) is 0 Å². The fraction of sp³-hybridized carbons (Fsp3) is 0.929. The van der Waals surface area contributed by atoms with Gasteiger partial charge in [-0.1, -0.05) is 0 Å². The summed E-state index contributed by atoms with van der Waals surface area (Å²) < 4.78 is 0. The molecule has 20 heavy (non-hydrogen) atoms. The van der Waals surface area contributed by atoms with Crippen molar-refractivity contribution in [2.45, 2.75) is 25.9 Å². The molecule has 0 aromatic carbocycles. The van der Waals surface area contributed by atoms with Gasteiger partial charge in [-0.25, -0.2) is 0 Å². The highest BCUT2D eigenvalue weighted by Crippen LogP contribution is 2.19. The van der Waals surface area contributed by atoms with Crippen molar-refractivity contribution < 1.29 is 9.90 Å². The molecule has 2 rings (SSSR count). The summed E-state index contributed by atoms with van der Waals surface area (Å²) in [7, 11) is 1.93. The van der Waals surface area contributed by atoms with Crippen LogP contribution < -0.4 is 5.32 Å². The Labute approximate surface area is 128 Å². The quantitative estimate of drug-likeness (QED) is 0.761. The van der Waals surface area contributed by atoms with E-state index in [0.29, 0.717) is 11.8 Å². The molecule has 5 nitrogen and oxygen atoms in total. The highest BCUT2D eigenvalue weighted by molar-refractivity contribution is 5.85. The van der Waals surface area contributed by atoms with E-state index in [4.69, 9.17) is 0 Å². The molecule has 2 aliphatic heterocycles. The summed E-state index contributed by atoms with van der Waals surface area (Å²) in [6.45, 7) is 7.27. The number of rotatable bonds is 5. The van der Waals surface area contributed by atoms with Crippen molar-refractivity contribution in [2.75, 3.05) is 46.3 Å². The zero-order valence-corrected chi connectivity index (χ0v) is 13.4. The molecule has 2 fully saturated rings. The largest absolute Gasteiger partial charge is 0.392 e. The van der Waals surface area contributed by atoms with Crippen LogP contribution in [0.25, 0.3) is 0 Å². The number of halogens is 1. The molecule has 0 bridgehead atoms. The predicted octanol–water partition coefficient (Wildman–Crippen LogP) is 0.179. The Kier molecular flexibility index (Phi) is 7.23. The fourth-order valence-corrected chi connectivity index (χ4v) is 2.98. The number of hydrogen-bond acceptors (Lipinski definition) is 4. The van der Waals surface area contributed by atoms with E-state index in [1.165, 1.54) is 0 Å². The van der Waals surface area contributed by atoms with Crippen LogP contribution in [0.1, 0.15) is 19.8 Å². The van der Waals surface area contributed by atoms with Crippen molar-refractivity contribution in [1.29, 1.82) is 0 Å². The predicted molar refractivity (Wildman–Crippen MR) is 82.1 cm³/mol. The lowest BCUT2D eigenvalue weighted by molar-refractivity contribution is -0.136. The highest BCUT2D eigenvalue weighted by Gasteiger charge is 2.29. The van der Waals surface area contributed by atoms with Crippen molar-refractivity contribution in [3.8, 4) is 0 Å². The number of hydrogen-bond donors (Lipinski definition) is 2. The SMILES string of the molecule is CC(O)CN1CCC(CN(C)C(=O)C2CNC2)CC1.Cl. The van der Waals surface area contributed by atoms with Crippen LogP contribution in [0.3, 0.4) is 0 Å². The Morgan fingerprint density at radius 1 is 1.40 bits per heavy atom. The number of nitrogens with zero attached hydrogens (tertiary/aromatic N) is 2. The fourth-order valence-electron chi connectivity index (χ4n) is 2.98. The Morgan fingerprint density at radius 3 is 2.45 bits per heavy atom. The zero-order valence-electron chi connectivity index (χ0n) is 12.5. The third kappa shape index (κ3) is 4.88. The molecule has 2 heterocycles. The van der Waals surface area contributed by atoms with Crippen molar-refractivity contribution >= 4 is 18.3 Å². The van der Waals surface area contributed by atoms with Crippen molar-refractivity contribution in [2.24, 2.45) is 11.8 Å². The van der Waals surface area contributed by atoms with Gasteiger partial charge < -0.3 is 20.2 Å². The zero-order chi connectivity index (χ0) is 13.8. The molecular formula is C14H28ClN3O2. The number of carbonyl (C=O) groups excluding carboxylic acids is 1. The van der Waals surface area contributed by atoms with Crippen LogP contribution in [0.2, 0.25) is 0 Å². The lowest BCUT2D eigenvalue weighted by Crippen LogP contribution is -2.52. The maximum absolute atomic E-state index is 12.1. The molecule has 2 saturated heterocycles. The molecule has 118 valence electrons. The van der Waals surface area contributed by atoms with Crippen LogP contribution in [0.5, 0.6) is 0 Å². The molecule has 0 aliphatic carbocycles. The van der Waals surface area contributed by atoms with Gasteiger partial charge in [-0.05, 0) is 38.8 Å². The number of nitrogens with one attached hydrogen (secondary N) is 1. The van der Waals surface area contributed by atoms with Crippen LogP contribution in [0.4, 0.5) is 0 Å². The van der Waals surface area contributed by atoms with E-state index in [1.807, 2.05) is 18.9 Å². The highest BCUT2D eigenvalue weighted by atomic mass is 35.5. The van der Waals surface area contributed by atoms with Crippen LogP contribution in [-0.4, -0.2) is 73.2 Å². The van der Waals surface area contributed by atoms with Gasteiger partial charge in [0, 0.05) is 33.2 Å². The molecule has 0 spiro atoms. The van der Waals surface area contributed by atoms with Gasteiger partial charge in [-0.15, -0.1) is 12.4 Å². The minimum Gasteiger partial charge on any atom is -0.392 e. The lowest BCUT2D eigenvalue weighted by atomic mass is 9.95. The summed E-state index contributed by atoms with van der Waals surface area (Å²) >= 11 is 0. The van der Waals surface area contributed by atoms with E-state index < -0.39 is 0 Å². The first kappa shape index (κ1) is 17.7. The van der Waals surface area contributed by atoms with Crippen LogP contribution >= 0.6 is 12.4 Å². The first-order valence-corrected chi connectivity index (χ1v) is 7.42. The molecule has 0 saturated carbocycles. The number of carbonyl (C=O) groups is 1. The molecule has 0 aromatic rings. The number of likely N-dealkylation sites (tertiary alicyclic amines) is 1. The molecule has 1 unspecified atom stereocenters. The summed E-state index contributed by atoms with van der Waals surface area (Å²) in [4.78, 5) is 16.3. The Bertz CT molecular complexity index is 303. The summed E-state index contributed by atoms with van der Waals surface area (Å²) in [5.41, 5.74) is 0. The van der Waals surface area contributed by atoms with Gasteiger partial charge in [0.1, 0.15) is 0 Å². The molecule has 1 atom stereocenters. The molecule has 6 heteroatoms. The third-order valence-corrected chi connectivity index (χ3v) is 4.27. The molecular weight excluding hydrogens is 278 g/mol. The molecule has 2 aliphatic rings. The first-order chi connectivity index (χ1) is 9.06. The van der Waals surface area contributed by atoms with E-state index in [-0.39, 0.29) is 24.4 Å². The number of β-amino-alcohol motifs (C(OH)–C–C–N with tert-alkyl or cyclic N) is 1. The number of aliphatic hydroxyl groups is 1. The third-order valence-electron chi connectivity index (χ3n) is 4.27. The van der Waals surface area contributed by atoms with Crippen LogP contribution in [-0.2, 0) is 4.79 Å². The summed E-state index contributed by atoms with van der Waals surface area (Å²) in [6, 6.07) is 0. The van der Waals surface area contributed by atoms with Gasteiger partial charge in [0.2, 0.25) is 5.91 Å². The normalized spacial score (nSPS) is 22.8.